The van der Waals surface area contributed by atoms with E-state index in [4.69, 9.17) is 0 Å². The average molecular weight is 268 g/mol. The van der Waals surface area contributed by atoms with Crippen molar-refractivity contribution in [2.24, 2.45) is 10.8 Å². The zero-order valence-electron chi connectivity index (χ0n) is 12.1. The van der Waals surface area contributed by atoms with E-state index in [9.17, 15) is 13.9 Å². The Balaban J connectivity index is 2.46. The molecule has 1 aliphatic rings. The average Bonchev–Trinajstić information content (AvgIpc) is 2.09. The molecule has 0 amide bonds. The fourth-order valence-electron chi connectivity index (χ4n) is 4.09. The van der Waals surface area contributed by atoms with E-state index in [1.165, 1.54) is 12.1 Å². The van der Waals surface area contributed by atoms with Crippen LogP contribution in [0.1, 0.15) is 52.5 Å². The van der Waals surface area contributed by atoms with Crippen LogP contribution in [0.5, 0.6) is 0 Å². The zero-order chi connectivity index (χ0) is 14.5. The van der Waals surface area contributed by atoms with E-state index in [0.717, 1.165) is 12.5 Å². The van der Waals surface area contributed by atoms with Crippen LogP contribution in [0.25, 0.3) is 0 Å². The minimum absolute atomic E-state index is 0.0563. The molecule has 0 unspecified atom stereocenters. The normalized spacial score (nSPS) is 24.2. The van der Waals surface area contributed by atoms with Crippen molar-refractivity contribution in [3.8, 4) is 0 Å². The van der Waals surface area contributed by atoms with Crippen LogP contribution in [0.2, 0.25) is 0 Å². The van der Waals surface area contributed by atoms with E-state index < -0.39 is 17.2 Å². The summed E-state index contributed by atoms with van der Waals surface area (Å²) in [6.07, 6.45) is 2.03. The fraction of sp³-hybridized carbons (Fsp3) is 0.625. The van der Waals surface area contributed by atoms with E-state index in [2.05, 4.69) is 27.7 Å². The molecule has 1 fully saturated rings. The summed E-state index contributed by atoms with van der Waals surface area (Å²) in [4.78, 5) is 0. The first-order chi connectivity index (χ1) is 8.51. The molecule has 1 aromatic rings. The highest BCUT2D eigenvalue weighted by Gasteiger charge is 2.47. The van der Waals surface area contributed by atoms with Gasteiger partial charge in [-0.15, -0.1) is 0 Å². The second-order valence-corrected chi connectivity index (χ2v) is 7.55. The first kappa shape index (κ1) is 14.4. The van der Waals surface area contributed by atoms with E-state index in [1.54, 1.807) is 0 Å². The van der Waals surface area contributed by atoms with Crippen molar-refractivity contribution in [1.82, 2.24) is 0 Å². The lowest BCUT2D eigenvalue weighted by Crippen LogP contribution is -2.44. The third-order valence-corrected chi connectivity index (χ3v) is 3.90. The van der Waals surface area contributed by atoms with Crippen LogP contribution in [0, 0.1) is 22.5 Å². The molecule has 0 heterocycles. The SMILES string of the molecule is CC1(C)CC(C)(C)CC(O)(c2cc(F)cc(F)c2)C1. The number of benzene rings is 1. The molecular formula is C16H22F2O. The second-order valence-electron chi connectivity index (χ2n) is 7.55. The molecule has 106 valence electrons. The summed E-state index contributed by atoms with van der Waals surface area (Å²) in [6, 6.07) is 3.34. The van der Waals surface area contributed by atoms with Gasteiger partial charge in [-0.25, -0.2) is 8.78 Å². The maximum atomic E-state index is 13.4. The van der Waals surface area contributed by atoms with Crippen molar-refractivity contribution in [1.29, 1.82) is 0 Å². The molecule has 19 heavy (non-hydrogen) atoms. The monoisotopic (exact) mass is 268 g/mol. The van der Waals surface area contributed by atoms with E-state index in [1.807, 2.05) is 0 Å². The van der Waals surface area contributed by atoms with Crippen LogP contribution in [0.15, 0.2) is 18.2 Å². The number of hydrogen-bond donors (Lipinski definition) is 1. The van der Waals surface area contributed by atoms with Crippen molar-refractivity contribution in [2.75, 3.05) is 0 Å². The molecule has 2 rings (SSSR count). The van der Waals surface area contributed by atoms with Gasteiger partial charge in [0, 0.05) is 6.07 Å². The molecule has 1 nitrogen and oxygen atoms in total. The number of aliphatic hydroxyl groups is 1. The van der Waals surface area contributed by atoms with Crippen molar-refractivity contribution in [3.05, 3.63) is 35.4 Å². The molecule has 0 aliphatic heterocycles. The molecule has 0 spiro atoms. The van der Waals surface area contributed by atoms with Gasteiger partial charge < -0.3 is 5.11 Å². The Morgan fingerprint density at radius 1 is 0.842 bits per heavy atom. The van der Waals surface area contributed by atoms with Gasteiger partial charge in [0.2, 0.25) is 0 Å². The maximum absolute atomic E-state index is 13.4. The minimum Gasteiger partial charge on any atom is -0.385 e. The highest BCUT2D eigenvalue weighted by molar-refractivity contribution is 5.26. The predicted octanol–water partition coefficient (Wildman–Crippen LogP) is 4.39. The summed E-state index contributed by atoms with van der Waals surface area (Å²) in [5.74, 6) is -1.27. The lowest BCUT2D eigenvalue weighted by molar-refractivity contribution is -0.0916. The molecule has 0 atom stereocenters. The van der Waals surface area contributed by atoms with Crippen LogP contribution >= 0.6 is 0 Å². The smallest absolute Gasteiger partial charge is 0.126 e. The van der Waals surface area contributed by atoms with Crippen LogP contribution in [-0.2, 0) is 5.60 Å². The van der Waals surface area contributed by atoms with Crippen LogP contribution < -0.4 is 0 Å². The Morgan fingerprint density at radius 2 is 1.26 bits per heavy atom. The van der Waals surface area contributed by atoms with Gasteiger partial charge in [-0.1, -0.05) is 27.7 Å². The lowest BCUT2D eigenvalue weighted by Gasteiger charge is -2.49. The second kappa shape index (κ2) is 4.27. The minimum atomic E-state index is -1.16. The van der Waals surface area contributed by atoms with Gasteiger partial charge in [-0.2, -0.15) is 0 Å². The molecule has 0 bridgehead atoms. The Kier molecular flexibility index (Phi) is 3.25. The van der Waals surface area contributed by atoms with Gasteiger partial charge in [0.15, 0.2) is 0 Å². The fourth-order valence-corrected chi connectivity index (χ4v) is 4.09. The van der Waals surface area contributed by atoms with Gasteiger partial charge in [-0.3, -0.25) is 0 Å². The Hall–Kier alpha value is -0.960. The molecule has 3 heteroatoms. The van der Waals surface area contributed by atoms with E-state index in [-0.39, 0.29) is 10.8 Å². The number of hydrogen-bond acceptors (Lipinski definition) is 1. The standard InChI is InChI=1S/C16H22F2O/c1-14(2)8-15(3,4)10-16(19,9-14)11-5-12(17)7-13(18)6-11/h5-7,19H,8-10H2,1-4H3. The molecule has 1 saturated carbocycles. The third kappa shape index (κ3) is 3.14. The van der Waals surface area contributed by atoms with Crippen molar-refractivity contribution >= 4 is 0 Å². The van der Waals surface area contributed by atoms with Crippen molar-refractivity contribution in [3.63, 3.8) is 0 Å². The first-order valence-electron chi connectivity index (χ1n) is 6.70. The van der Waals surface area contributed by atoms with E-state index >= 15 is 0 Å². The predicted molar refractivity (Wildman–Crippen MR) is 71.7 cm³/mol. The Morgan fingerprint density at radius 3 is 1.68 bits per heavy atom. The zero-order valence-corrected chi connectivity index (χ0v) is 12.1. The Labute approximate surface area is 113 Å². The van der Waals surface area contributed by atoms with Gasteiger partial charge in [0.25, 0.3) is 0 Å². The quantitative estimate of drug-likeness (QED) is 0.801. The third-order valence-electron chi connectivity index (χ3n) is 3.90. The lowest BCUT2D eigenvalue weighted by atomic mass is 9.58. The molecule has 1 aromatic carbocycles. The largest absolute Gasteiger partial charge is 0.385 e. The summed E-state index contributed by atoms with van der Waals surface area (Å²) in [6.45, 7) is 8.37. The van der Waals surface area contributed by atoms with Crippen LogP contribution in [0.3, 0.4) is 0 Å². The topological polar surface area (TPSA) is 20.2 Å². The summed E-state index contributed by atoms with van der Waals surface area (Å²) in [5.41, 5.74) is -0.918. The van der Waals surface area contributed by atoms with Gasteiger partial charge in [0.05, 0.1) is 5.60 Å². The number of rotatable bonds is 1. The molecule has 0 saturated heterocycles. The highest BCUT2D eigenvalue weighted by atomic mass is 19.1. The summed E-state index contributed by atoms with van der Waals surface area (Å²) >= 11 is 0. The van der Waals surface area contributed by atoms with Crippen molar-refractivity contribution in [2.45, 2.75) is 52.6 Å². The van der Waals surface area contributed by atoms with Gasteiger partial charge in [-0.05, 0) is 47.8 Å². The highest BCUT2D eigenvalue weighted by Crippen LogP contribution is 2.53. The Bertz CT molecular complexity index is 455. The van der Waals surface area contributed by atoms with E-state index in [0.29, 0.717) is 18.4 Å². The van der Waals surface area contributed by atoms with Crippen LogP contribution in [0.4, 0.5) is 8.78 Å². The molecule has 0 radical (unpaired) electrons. The summed E-state index contributed by atoms with van der Waals surface area (Å²) < 4.78 is 26.8. The molecular weight excluding hydrogens is 246 g/mol. The van der Waals surface area contributed by atoms with Crippen molar-refractivity contribution < 1.29 is 13.9 Å². The summed E-state index contributed by atoms with van der Waals surface area (Å²) in [5, 5.41) is 10.9. The van der Waals surface area contributed by atoms with Gasteiger partial charge in [0.1, 0.15) is 11.6 Å². The summed E-state index contributed by atoms with van der Waals surface area (Å²) in [7, 11) is 0. The maximum Gasteiger partial charge on any atom is 0.126 e. The molecule has 1 aliphatic carbocycles. The first-order valence-corrected chi connectivity index (χ1v) is 6.70. The van der Waals surface area contributed by atoms with Gasteiger partial charge >= 0.3 is 0 Å². The van der Waals surface area contributed by atoms with Crippen LogP contribution in [-0.4, -0.2) is 5.11 Å². The number of halogens is 2. The molecule has 1 N–H and O–H groups in total. The molecule has 0 aromatic heterocycles.